The Morgan fingerprint density at radius 3 is 2.85 bits per heavy atom. The highest BCUT2D eigenvalue weighted by atomic mass is 16.5. The third-order valence-electron chi connectivity index (χ3n) is 4.27. The van der Waals surface area contributed by atoms with Gasteiger partial charge in [0.25, 0.3) is 5.91 Å². The molecule has 0 bridgehead atoms. The van der Waals surface area contributed by atoms with E-state index in [1.165, 1.54) is 0 Å². The molecule has 0 fully saturated rings. The number of fused-ring (bicyclic) bond motifs is 1. The zero-order valence-electron chi connectivity index (χ0n) is 14.2. The summed E-state index contributed by atoms with van der Waals surface area (Å²) >= 11 is 0. The van der Waals surface area contributed by atoms with E-state index in [9.17, 15) is 4.79 Å². The van der Waals surface area contributed by atoms with Gasteiger partial charge in [-0.2, -0.15) is 5.10 Å². The van der Waals surface area contributed by atoms with Gasteiger partial charge in [-0.15, -0.1) is 0 Å². The van der Waals surface area contributed by atoms with Gasteiger partial charge in [0.2, 0.25) is 0 Å². The summed E-state index contributed by atoms with van der Waals surface area (Å²) in [6, 6.07) is 17.1. The number of hydrogen-bond donors (Lipinski definition) is 1. The zero-order chi connectivity index (χ0) is 17.8. The van der Waals surface area contributed by atoms with Crippen molar-refractivity contribution in [3.05, 3.63) is 72.6 Å². The molecule has 0 unspecified atom stereocenters. The third kappa shape index (κ3) is 3.54. The molecule has 132 valence electrons. The standard InChI is InChI=1S/C20H19N3O3/c24-20(22-18-10-13-25-19-5-2-1-4-17(18)19)14-26-16-8-6-15(7-9-16)23-12-3-11-21-23/h1-9,11-12,18H,10,13-14H2,(H,22,24)/t18-/m1/s1. The fraction of sp³-hybridized carbons (Fsp3) is 0.200. The Kier molecular flexibility index (Phi) is 4.55. The summed E-state index contributed by atoms with van der Waals surface area (Å²) in [5.74, 6) is 1.32. The van der Waals surface area contributed by atoms with E-state index in [-0.39, 0.29) is 18.6 Å². The number of rotatable bonds is 5. The van der Waals surface area contributed by atoms with Crippen LogP contribution in [-0.2, 0) is 4.79 Å². The van der Waals surface area contributed by atoms with E-state index < -0.39 is 0 Å². The lowest BCUT2D eigenvalue weighted by Gasteiger charge is -2.26. The van der Waals surface area contributed by atoms with Crippen molar-refractivity contribution in [2.24, 2.45) is 0 Å². The van der Waals surface area contributed by atoms with Crippen molar-refractivity contribution in [2.75, 3.05) is 13.2 Å². The minimum atomic E-state index is -0.150. The Bertz CT molecular complexity index is 876. The van der Waals surface area contributed by atoms with E-state index >= 15 is 0 Å². The van der Waals surface area contributed by atoms with E-state index in [4.69, 9.17) is 9.47 Å². The summed E-state index contributed by atoms with van der Waals surface area (Å²) in [5.41, 5.74) is 1.95. The number of nitrogens with one attached hydrogen (secondary N) is 1. The fourth-order valence-electron chi connectivity index (χ4n) is 2.99. The summed E-state index contributed by atoms with van der Waals surface area (Å²) < 4.78 is 13.0. The number of hydrogen-bond acceptors (Lipinski definition) is 4. The highest BCUT2D eigenvalue weighted by Crippen LogP contribution is 2.31. The van der Waals surface area contributed by atoms with Crippen molar-refractivity contribution in [3.63, 3.8) is 0 Å². The van der Waals surface area contributed by atoms with Gasteiger partial charge in [-0.05, 0) is 36.4 Å². The molecule has 2 heterocycles. The van der Waals surface area contributed by atoms with E-state index in [1.807, 2.05) is 60.8 Å². The molecule has 6 heteroatoms. The Balaban J connectivity index is 1.33. The topological polar surface area (TPSA) is 65.4 Å². The number of para-hydroxylation sites is 1. The van der Waals surface area contributed by atoms with Gasteiger partial charge in [-0.25, -0.2) is 4.68 Å². The van der Waals surface area contributed by atoms with Gasteiger partial charge in [0, 0.05) is 24.4 Å². The first-order valence-corrected chi connectivity index (χ1v) is 8.53. The van der Waals surface area contributed by atoms with Crippen LogP contribution in [0.4, 0.5) is 0 Å². The lowest BCUT2D eigenvalue weighted by Crippen LogP contribution is -2.35. The molecule has 1 aliphatic heterocycles. The quantitative estimate of drug-likeness (QED) is 0.769. The highest BCUT2D eigenvalue weighted by Gasteiger charge is 2.22. The number of benzene rings is 2. The molecule has 26 heavy (non-hydrogen) atoms. The molecule has 1 N–H and O–H groups in total. The maximum atomic E-state index is 12.3. The maximum absolute atomic E-state index is 12.3. The number of aromatic nitrogens is 2. The van der Waals surface area contributed by atoms with E-state index in [0.29, 0.717) is 12.4 Å². The van der Waals surface area contributed by atoms with Crippen LogP contribution in [0.2, 0.25) is 0 Å². The Morgan fingerprint density at radius 1 is 1.19 bits per heavy atom. The zero-order valence-corrected chi connectivity index (χ0v) is 14.2. The second-order valence-electron chi connectivity index (χ2n) is 6.03. The van der Waals surface area contributed by atoms with Crippen molar-refractivity contribution in [2.45, 2.75) is 12.5 Å². The minimum absolute atomic E-state index is 0.0271. The second kappa shape index (κ2) is 7.31. The molecule has 3 aromatic rings. The highest BCUT2D eigenvalue weighted by molar-refractivity contribution is 5.78. The van der Waals surface area contributed by atoms with Gasteiger partial charge in [-0.3, -0.25) is 4.79 Å². The van der Waals surface area contributed by atoms with Gasteiger partial charge in [-0.1, -0.05) is 18.2 Å². The summed E-state index contributed by atoms with van der Waals surface area (Å²) in [5, 5.41) is 7.20. The number of carbonyl (C=O) groups is 1. The molecule has 1 amide bonds. The monoisotopic (exact) mass is 349 g/mol. The summed E-state index contributed by atoms with van der Waals surface area (Å²) in [4.78, 5) is 12.3. The van der Waals surface area contributed by atoms with Crippen LogP contribution in [0.25, 0.3) is 5.69 Å². The average Bonchev–Trinajstić information content (AvgIpc) is 3.22. The molecule has 0 saturated carbocycles. The lowest BCUT2D eigenvalue weighted by molar-refractivity contribution is -0.124. The molecule has 1 aromatic heterocycles. The van der Waals surface area contributed by atoms with Crippen molar-refractivity contribution >= 4 is 5.91 Å². The number of amides is 1. The van der Waals surface area contributed by atoms with Crippen LogP contribution in [-0.4, -0.2) is 28.9 Å². The average molecular weight is 349 g/mol. The molecular weight excluding hydrogens is 330 g/mol. The van der Waals surface area contributed by atoms with Gasteiger partial charge in [0.15, 0.2) is 6.61 Å². The van der Waals surface area contributed by atoms with Gasteiger partial charge >= 0.3 is 0 Å². The largest absolute Gasteiger partial charge is 0.493 e. The Morgan fingerprint density at radius 2 is 2.04 bits per heavy atom. The first-order chi connectivity index (χ1) is 12.8. The molecule has 4 rings (SSSR count). The number of ether oxygens (including phenoxy) is 2. The van der Waals surface area contributed by atoms with Crippen LogP contribution >= 0.6 is 0 Å². The molecule has 6 nitrogen and oxygen atoms in total. The molecule has 0 radical (unpaired) electrons. The van der Waals surface area contributed by atoms with E-state index in [0.717, 1.165) is 23.4 Å². The predicted octanol–water partition coefficient (Wildman–Crippen LogP) is 2.89. The van der Waals surface area contributed by atoms with Gasteiger partial charge in [0.1, 0.15) is 11.5 Å². The number of nitrogens with zero attached hydrogens (tertiary/aromatic N) is 2. The lowest BCUT2D eigenvalue weighted by atomic mass is 10.0. The first kappa shape index (κ1) is 16.2. The van der Waals surface area contributed by atoms with Crippen LogP contribution in [0.3, 0.4) is 0 Å². The molecular formula is C20H19N3O3. The Hall–Kier alpha value is -3.28. The number of carbonyl (C=O) groups excluding carboxylic acids is 1. The van der Waals surface area contributed by atoms with Gasteiger partial charge < -0.3 is 14.8 Å². The van der Waals surface area contributed by atoms with Crippen LogP contribution in [0, 0.1) is 0 Å². The summed E-state index contributed by atoms with van der Waals surface area (Å²) in [6.07, 6.45) is 4.35. The van der Waals surface area contributed by atoms with E-state index in [1.54, 1.807) is 10.9 Å². The molecule has 0 spiro atoms. The third-order valence-corrected chi connectivity index (χ3v) is 4.27. The molecule has 0 saturated heterocycles. The van der Waals surface area contributed by atoms with Crippen LogP contribution in [0.5, 0.6) is 11.5 Å². The summed E-state index contributed by atoms with van der Waals surface area (Å²) in [6.45, 7) is 0.568. The normalized spacial score (nSPS) is 15.6. The smallest absolute Gasteiger partial charge is 0.258 e. The van der Waals surface area contributed by atoms with Crippen molar-refractivity contribution in [1.82, 2.24) is 15.1 Å². The molecule has 1 atom stereocenters. The van der Waals surface area contributed by atoms with Crippen molar-refractivity contribution < 1.29 is 14.3 Å². The fourth-order valence-corrected chi connectivity index (χ4v) is 2.99. The molecule has 1 aliphatic rings. The predicted molar refractivity (Wildman–Crippen MR) is 96.5 cm³/mol. The SMILES string of the molecule is O=C(COc1ccc(-n2cccn2)cc1)N[C@@H]1CCOc2ccccc21. The Labute approximate surface area is 151 Å². The first-order valence-electron chi connectivity index (χ1n) is 8.53. The maximum Gasteiger partial charge on any atom is 0.258 e. The van der Waals surface area contributed by atoms with Crippen LogP contribution in [0.15, 0.2) is 67.0 Å². The van der Waals surface area contributed by atoms with E-state index in [2.05, 4.69) is 10.4 Å². The van der Waals surface area contributed by atoms with Crippen LogP contribution in [0.1, 0.15) is 18.0 Å². The van der Waals surface area contributed by atoms with Crippen LogP contribution < -0.4 is 14.8 Å². The summed E-state index contributed by atoms with van der Waals surface area (Å²) in [7, 11) is 0. The van der Waals surface area contributed by atoms with Gasteiger partial charge in [0.05, 0.1) is 18.3 Å². The van der Waals surface area contributed by atoms with Crippen molar-refractivity contribution in [3.8, 4) is 17.2 Å². The minimum Gasteiger partial charge on any atom is -0.493 e. The van der Waals surface area contributed by atoms with Crippen molar-refractivity contribution in [1.29, 1.82) is 0 Å². The molecule has 0 aliphatic carbocycles. The second-order valence-corrected chi connectivity index (χ2v) is 6.03. The molecule has 2 aromatic carbocycles.